The lowest BCUT2D eigenvalue weighted by atomic mass is 9.80. The van der Waals surface area contributed by atoms with E-state index < -0.39 is 0 Å². The minimum absolute atomic E-state index is 0.287. The molecule has 0 bridgehead atoms. The summed E-state index contributed by atoms with van der Waals surface area (Å²) in [6.45, 7) is 11.9. The molecule has 0 radical (unpaired) electrons. The van der Waals surface area contributed by atoms with E-state index in [4.69, 9.17) is 4.74 Å². The maximum atomic E-state index is 6.00. The van der Waals surface area contributed by atoms with E-state index in [1.165, 1.54) is 11.1 Å². The summed E-state index contributed by atoms with van der Waals surface area (Å²) >= 11 is 0. The number of hydrogen-bond acceptors (Lipinski definition) is 3. The minimum atomic E-state index is 0.287. The van der Waals surface area contributed by atoms with E-state index >= 15 is 0 Å². The maximum absolute atomic E-state index is 6.00. The van der Waals surface area contributed by atoms with Gasteiger partial charge in [0.25, 0.3) is 0 Å². The zero-order chi connectivity index (χ0) is 14.0. The SMILES string of the molecule is CCNC(c1cncc(C)c1)C1C(C)OC(C)C1C. The second-order valence-corrected chi connectivity index (χ2v) is 5.81. The van der Waals surface area contributed by atoms with Gasteiger partial charge in [-0.25, -0.2) is 0 Å². The van der Waals surface area contributed by atoms with Gasteiger partial charge in [-0.1, -0.05) is 19.9 Å². The Labute approximate surface area is 116 Å². The highest BCUT2D eigenvalue weighted by molar-refractivity contribution is 5.22. The highest BCUT2D eigenvalue weighted by Crippen LogP contribution is 2.40. The summed E-state index contributed by atoms with van der Waals surface area (Å²) in [5.41, 5.74) is 2.50. The van der Waals surface area contributed by atoms with E-state index in [0.717, 1.165) is 6.54 Å². The number of nitrogens with one attached hydrogen (secondary N) is 1. The van der Waals surface area contributed by atoms with Crippen LogP contribution < -0.4 is 5.32 Å². The first-order valence-corrected chi connectivity index (χ1v) is 7.35. The normalized spacial score (nSPS) is 32.5. The Morgan fingerprint density at radius 3 is 2.53 bits per heavy atom. The van der Waals surface area contributed by atoms with Crippen molar-refractivity contribution in [3.05, 3.63) is 29.6 Å². The van der Waals surface area contributed by atoms with Gasteiger partial charge in [0.15, 0.2) is 0 Å². The van der Waals surface area contributed by atoms with Crippen LogP contribution in [0.2, 0.25) is 0 Å². The molecule has 1 aromatic rings. The van der Waals surface area contributed by atoms with Gasteiger partial charge < -0.3 is 10.1 Å². The summed E-state index contributed by atoms with van der Waals surface area (Å²) < 4.78 is 6.00. The van der Waals surface area contributed by atoms with Gasteiger partial charge in [0.05, 0.1) is 12.2 Å². The molecule has 1 N–H and O–H groups in total. The Hall–Kier alpha value is -0.930. The summed E-state index contributed by atoms with van der Waals surface area (Å²) in [4.78, 5) is 4.35. The lowest BCUT2D eigenvalue weighted by Crippen LogP contribution is -2.35. The molecule has 1 saturated heterocycles. The van der Waals surface area contributed by atoms with E-state index in [1.807, 2.05) is 12.4 Å². The van der Waals surface area contributed by atoms with Crippen molar-refractivity contribution in [2.45, 2.75) is 52.9 Å². The topological polar surface area (TPSA) is 34.2 Å². The first kappa shape index (κ1) is 14.5. The molecule has 5 atom stereocenters. The Balaban J connectivity index is 2.30. The van der Waals surface area contributed by atoms with Crippen LogP contribution in [0.15, 0.2) is 18.5 Å². The van der Waals surface area contributed by atoms with Crippen LogP contribution in [0.3, 0.4) is 0 Å². The van der Waals surface area contributed by atoms with Crippen LogP contribution in [-0.4, -0.2) is 23.7 Å². The third-order valence-corrected chi connectivity index (χ3v) is 4.38. The molecule has 1 aliphatic rings. The Kier molecular flexibility index (Phi) is 4.58. The standard InChI is InChI=1S/C16H26N2O/c1-6-18-16(14-7-10(2)8-17-9-14)15-11(3)12(4)19-13(15)5/h7-9,11-13,15-16,18H,6H2,1-5H3. The van der Waals surface area contributed by atoms with E-state index in [1.54, 1.807) is 0 Å². The van der Waals surface area contributed by atoms with Gasteiger partial charge in [0.1, 0.15) is 0 Å². The summed E-state index contributed by atoms with van der Waals surface area (Å²) in [7, 11) is 0. The molecule has 0 spiro atoms. The average Bonchev–Trinajstić information content (AvgIpc) is 2.61. The summed E-state index contributed by atoms with van der Waals surface area (Å²) in [5, 5.41) is 3.63. The predicted octanol–water partition coefficient (Wildman–Crippen LogP) is 3.10. The summed E-state index contributed by atoms with van der Waals surface area (Å²) in [5.74, 6) is 1.05. The second kappa shape index (κ2) is 6.02. The molecule has 19 heavy (non-hydrogen) atoms. The molecule has 1 fully saturated rings. The molecule has 3 nitrogen and oxygen atoms in total. The number of nitrogens with zero attached hydrogens (tertiary/aromatic N) is 1. The minimum Gasteiger partial charge on any atom is -0.375 e. The van der Waals surface area contributed by atoms with Crippen molar-refractivity contribution >= 4 is 0 Å². The van der Waals surface area contributed by atoms with E-state index in [2.05, 4.69) is 51.0 Å². The highest BCUT2D eigenvalue weighted by atomic mass is 16.5. The van der Waals surface area contributed by atoms with Crippen LogP contribution in [0.5, 0.6) is 0 Å². The van der Waals surface area contributed by atoms with Crippen molar-refractivity contribution in [3.8, 4) is 0 Å². The van der Waals surface area contributed by atoms with Crippen molar-refractivity contribution in [2.24, 2.45) is 11.8 Å². The zero-order valence-electron chi connectivity index (χ0n) is 12.7. The number of pyridine rings is 1. The van der Waals surface area contributed by atoms with Crippen LogP contribution in [0, 0.1) is 18.8 Å². The van der Waals surface area contributed by atoms with Crippen molar-refractivity contribution in [3.63, 3.8) is 0 Å². The van der Waals surface area contributed by atoms with Gasteiger partial charge in [0, 0.05) is 24.4 Å². The number of ether oxygens (including phenoxy) is 1. The first-order valence-electron chi connectivity index (χ1n) is 7.35. The van der Waals surface area contributed by atoms with Crippen LogP contribution in [0.4, 0.5) is 0 Å². The Bertz CT molecular complexity index is 421. The van der Waals surface area contributed by atoms with Gasteiger partial charge >= 0.3 is 0 Å². The monoisotopic (exact) mass is 262 g/mol. The molecule has 0 amide bonds. The fourth-order valence-electron chi connectivity index (χ4n) is 3.31. The van der Waals surface area contributed by atoms with Crippen molar-refractivity contribution in [1.82, 2.24) is 10.3 Å². The molecule has 2 rings (SSSR count). The molecule has 5 unspecified atom stereocenters. The zero-order valence-corrected chi connectivity index (χ0v) is 12.7. The molecule has 3 heteroatoms. The average molecular weight is 262 g/mol. The third-order valence-electron chi connectivity index (χ3n) is 4.38. The molecule has 2 heterocycles. The lowest BCUT2D eigenvalue weighted by molar-refractivity contribution is 0.0475. The van der Waals surface area contributed by atoms with Gasteiger partial charge in [-0.3, -0.25) is 4.98 Å². The van der Waals surface area contributed by atoms with Gasteiger partial charge in [-0.15, -0.1) is 0 Å². The smallest absolute Gasteiger partial charge is 0.0600 e. The van der Waals surface area contributed by atoms with Crippen LogP contribution in [0.25, 0.3) is 0 Å². The van der Waals surface area contributed by atoms with Crippen molar-refractivity contribution in [1.29, 1.82) is 0 Å². The largest absolute Gasteiger partial charge is 0.375 e. The van der Waals surface area contributed by atoms with Gasteiger partial charge in [-0.05, 0) is 44.4 Å². The molecule has 0 aromatic carbocycles. The highest BCUT2D eigenvalue weighted by Gasteiger charge is 2.41. The summed E-state index contributed by atoms with van der Waals surface area (Å²) in [6, 6.07) is 2.57. The summed E-state index contributed by atoms with van der Waals surface area (Å²) in [6.07, 6.45) is 4.52. The molecular weight excluding hydrogens is 236 g/mol. The number of hydrogen-bond donors (Lipinski definition) is 1. The maximum Gasteiger partial charge on any atom is 0.0600 e. The predicted molar refractivity (Wildman–Crippen MR) is 78.1 cm³/mol. The number of aromatic nitrogens is 1. The van der Waals surface area contributed by atoms with Crippen molar-refractivity contribution < 1.29 is 4.74 Å². The van der Waals surface area contributed by atoms with E-state index in [-0.39, 0.29) is 6.10 Å². The first-order chi connectivity index (χ1) is 9.04. The Morgan fingerprint density at radius 2 is 2.00 bits per heavy atom. The number of rotatable bonds is 4. The lowest BCUT2D eigenvalue weighted by Gasteiger charge is -2.30. The van der Waals surface area contributed by atoms with Gasteiger partial charge in [-0.2, -0.15) is 0 Å². The molecule has 1 aromatic heterocycles. The quantitative estimate of drug-likeness (QED) is 0.905. The molecule has 1 aliphatic heterocycles. The molecule has 106 valence electrons. The fraction of sp³-hybridized carbons (Fsp3) is 0.688. The van der Waals surface area contributed by atoms with Gasteiger partial charge in [0.2, 0.25) is 0 Å². The van der Waals surface area contributed by atoms with Crippen LogP contribution in [-0.2, 0) is 4.74 Å². The number of aryl methyl sites for hydroxylation is 1. The third kappa shape index (κ3) is 2.98. The van der Waals surface area contributed by atoms with E-state index in [0.29, 0.717) is 24.0 Å². The molecular formula is C16H26N2O. The second-order valence-electron chi connectivity index (χ2n) is 5.81. The fourth-order valence-corrected chi connectivity index (χ4v) is 3.31. The molecule has 0 saturated carbocycles. The Morgan fingerprint density at radius 1 is 1.26 bits per heavy atom. The van der Waals surface area contributed by atoms with E-state index in [9.17, 15) is 0 Å². The van der Waals surface area contributed by atoms with Crippen LogP contribution in [0.1, 0.15) is 44.9 Å². The molecule has 0 aliphatic carbocycles. The van der Waals surface area contributed by atoms with Crippen molar-refractivity contribution in [2.75, 3.05) is 6.54 Å². The van der Waals surface area contributed by atoms with Crippen LogP contribution >= 0.6 is 0 Å².